The van der Waals surface area contributed by atoms with Crippen molar-refractivity contribution in [2.24, 2.45) is 0 Å². The molecular formula is C20H16BrCl3F3N5O. The lowest BCUT2D eigenvalue weighted by Gasteiger charge is -2.15. The first-order valence-corrected chi connectivity index (χ1v) is 11.7. The Morgan fingerprint density at radius 2 is 1.85 bits per heavy atom. The van der Waals surface area contributed by atoms with Gasteiger partial charge in [0.05, 0.1) is 16.7 Å². The Hall–Kier alpha value is -1.75. The van der Waals surface area contributed by atoms with Gasteiger partial charge in [0, 0.05) is 27.7 Å². The van der Waals surface area contributed by atoms with Crippen LogP contribution in [-0.2, 0) is 17.5 Å². The molecule has 1 saturated carbocycles. The molecule has 0 saturated heterocycles. The van der Waals surface area contributed by atoms with E-state index < -0.39 is 23.8 Å². The summed E-state index contributed by atoms with van der Waals surface area (Å²) >= 11 is 21.6. The molecule has 0 radical (unpaired) electrons. The standard InChI is InChI=1S/C20H16BrCl3F3N5O/c1-9(32-16(10-5-6-10)15(21)17(29-32)20(25,26)27)19(33)28-18-14(24)8-31(30-18)7-11-12(22)3-2-4-13(11)23/h2-4,8-10H,5-7H2,1H3,(H,28,30,33). The predicted octanol–water partition coefficient (Wildman–Crippen LogP) is 6.95. The summed E-state index contributed by atoms with van der Waals surface area (Å²) in [5, 5.41) is 11.6. The molecule has 176 valence electrons. The maximum absolute atomic E-state index is 13.4. The van der Waals surface area contributed by atoms with Gasteiger partial charge in [0.1, 0.15) is 11.1 Å². The van der Waals surface area contributed by atoms with Gasteiger partial charge in [-0.2, -0.15) is 23.4 Å². The Kier molecular flexibility index (Phi) is 6.74. The van der Waals surface area contributed by atoms with Crippen LogP contribution in [0.5, 0.6) is 0 Å². The van der Waals surface area contributed by atoms with E-state index in [-0.39, 0.29) is 27.8 Å². The van der Waals surface area contributed by atoms with Crippen molar-refractivity contribution in [3.05, 3.63) is 60.9 Å². The van der Waals surface area contributed by atoms with Gasteiger partial charge in [0.2, 0.25) is 5.91 Å². The van der Waals surface area contributed by atoms with Crippen molar-refractivity contribution in [1.82, 2.24) is 19.6 Å². The van der Waals surface area contributed by atoms with Gasteiger partial charge in [-0.25, -0.2) is 0 Å². The Morgan fingerprint density at radius 1 is 1.21 bits per heavy atom. The number of carbonyl (C=O) groups is 1. The highest BCUT2D eigenvalue weighted by Crippen LogP contribution is 2.47. The summed E-state index contributed by atoms with van der Waals surface area (Å²) in [5.41, 5.74) is -0.0701. The highest BCUT2D eigenvalue weighted by Gasteiger charge is 2.43. The SMILES string of the molecule is CC(C(=O)Nc1nn(Cc2c(Cl)cccc2Cl)cc1Cl)n1nc(C(F)(F)F)c(Br)c1C1CC1. The van der Waals surface area contributed by atoms with E-state index in [1.165, 1.54) is 17.8 Å². The molecule has 1 N–H and O–H groups in total. The lowest BCUT2D eigenvalue weighted by Crippen LogP contribution is -2.26. The average molecular weight is 586 g/mol. The van der Waals surface area contributed by atoms with E-state index in [1.54, 1.807) is 18.2 Å². The number of carbonyl (C=O) groups excluding carboxylic acids is 1. The number of alkyl halides is 3. The molecule has 33 heavy (non-hydrogen) atoms. The molecule has 1 atom stereocenters. The molecule has 13 heteroatoms. The fraction of sp³-hybridized carbons (Fsp3) is 0.350. The van der Waals surface area contributed by atoms with E-state index in [0.29, 0.717) is 21.3 Å². The van der Waals surface area contributed by atoms with Gasteiger partial charge in [-0.3, -0.25) is 14.2 Å². The molecule has 1 aliphatic carbocycles. The summed E-state index contributed by atoms with van der Waals surface area (Å²) < 4.78 is 42.6. The largest absolute Gasteiger partial charge is 0.436 e. The minimum atomic E-state index is -4.65. The molecule has 6 nitrogen and oxygen atoms in total. The molecule has 0 bridgehead atoms. The van der Waals surface area contributed by atoms with Crippen molar-refractivity contribution >= 4 is 62.5 Å². The van der Waals surface area contributed by atoms with Crippen LogP contribution in [0.1, 0.15) is 48.7 Å². The third-order valence-corrected chi connectivity index (χ3v) is 6.97. The van der Waals surface area contributed by atoms with Gasteiger partial charge < -0.3 is 5.32 Å². The van der Waals surface area contributed by atoms with Crippen LogP contribution in [0.3, 0.4) is 0 Å². The Morgan fingerprint density at radius 3 is 2.42 bits per heavy atom. The fourth-order valence-corrected chi connectivity index (χ4v) is 4.89. The predicted molar refractivity (Wildman–Crippen MR) is 123 cm³/mol. The lowest BCUT2D eigenvalue weighted by molar-refractivity contribution is -0.142. The number of hydrogen-bond acceptors (Lipinski definition) is 3. The topological polar surface area (TPSA) is 64.7 Å². The molecule has 1 amide bonds. The molecule has 1 fully saturated rings. The summed E-state index contributed by atoms with van der Waals surface area (Å²) in [7, 11) is 0. The zero-order chi connectivity index (χ0) is 24.1. The van der Waals surface area contributed by atoms with Crippen molar-refractivity contribution in [1.29, 1.82) is 0 Å². The second-order valence-corrected chi connectivity index (χ2v) is 9.67. The van der Waals surface area contributed by atoms with E-state index in [2.05, 4.69) is 31.4 Å². The highest BCUT2D eigenvalue weighted by molar-refractivity contribution is 9.10. The van der Waals surface area contributed by atoms with Crippen LogP contribution >= 0.6 is 50.7 Å². The summed E-state index contributed by atoms with van der Waals surface area (Å²) in [4.78, 5) is 12.9. The second kappa shape index (κ2) is 9.13. The van der Waals surface area contributed by atoms with Crippen LogP contribution in [0.25, 0.3) is 0 Å². The second-order valence-electron chi connectivity index (χ2n) is 7.65. The number of amides is 1. The minimum absolute atomic E-state index is 0.0620. The van der Waals surface area contributed by atoms with Crippen molar-refractivity contribution in [3.63, 3.8) is 0 Å². The molecule has 0 spiro atoms. The molecule has 4 rings (SSSR count). The van der Waals surface area contributed by atoms with Gasteiger partial charge in [-0.05, 0) is 47.8 Å². The monoisotopic (exact) mass is 583 g/mol. The van der Waals surface area contributed by atoms with Crippen LogP contribution in [-0.4, -0.2) is 25.5 Å². The van der Waals surface area contributed by atoms with E-state index in [0.717, 1.165) is 17.5 Å². The lowest BCUT2D eigenvalue weighted by atomic mass is 10.2. The molecule has 2 heterocycles. The van der Waals surface area contributed by atoms with Gasteiger partial charge in [-0.1, -0.05) is 40.9 Å². The van der Waals surface area contributed by atoms with Gasteiger partial charge in [0.25, 0.3) is 0 Å². The zero-order valence-corrected chi connectivity index (χ0v) is 20.8. The summed E-state index contributed by atoms with van der Waals surface area (Å²) in [6.45, 7) is 1.67. The van der Waals surface area contributed by atoms with Crippen LogP contribution in [0, 0.1) is 0 Å². The Labute approximate surface area is 210 Å². The van der Waals surface area contributed by atoms with E-state index >= 15 is 0 Å². The first-order valence-electron chi connectivity index (χ1n) is 9.79. The third kappa shape index (κ3) is 5.03. The fourth-order valence-electron chi connectivity index (χ4n) is 3.37. The molecule has 2 aromatic heterocycles. The number of aromatic nitrogens is 4. The van der Waals surface area contributed by atoms with Crippen LogP contribution in [0.15, 0.2) is 28.9 Å². The quantitative estimate of drug-likeness (QED) is 0.341. The molecule has 1 aromatic carbocycles. The molecular weight excluding hydrogens is 570 g/mol. The molecule has 1 unspecified atom stereocenters. The van der Waals surface area contributed by atoms with E-state index in [1.807, 2.05) is 0 Å². The number of benzene rings is 1. The van der Waals surface area contributed by atoms with Crippen LogP contribution in [0.2, 0.25) is 15.1 Å². The number of anilines is 1. The van der Waals surface area contributed by atoms with Crippen molar-refractivity contribution in [2.45, 2.75) is 44.4 Å². The maximum Gasteiger partial charge on any atom is 0.436 e. The Bertz CT molecular complexity index is 1200. The smallest absolute Gasteiger partial charge is 0.306 e. The average Bonchev–Trinajstić information content (AvgIpc) is 3.41. The minimum Gasteiger partial charge on any atom is -0.306 e. The maximum atomic E-state index is 13.4. The van der Waals surface area contributed by atoms with Gasteiger partial charge in [0.15, 0.2) is 11.5 Å². The number of nitrogens with zero attached hydrogens (tertiary/aromatic N) is 4. The van der Waals surface area contributed by atoms with Crippen LogP contribution < -0.4 is 5.32 Å². The van der Waals surface area contributed by atoms with Gasteiger partial charge >= 0.3 is 6.18 Å². The number of nitrogens with one attached hydrogen (secondary N) is 1. The molecule has 0 aliphatic heterocycles. The summed E-state index contributed by atoms with van der Waals surface area (Å²) in [5.74, 6) is -0.628. The van der Waals surface area contributed by atoms with E-state index in [9.17, 15) is 18.0 Å². The first-order chi connectivity index (χ1) is 15.5. The van der Waals surface area contributed by atoms with Crippen molar-refractivity contribution < 1.29 is 18.0 Å². The van der Waals surface area contributed by atoms with Crippen LogP contribution in [0.4, 0.5) is 19.0 Å². The normalized spacial score (nSPS) is 15.0. The summed E-state index contributed by atoms with van der Waals surface area (Å²) in [6, 6.07) is 4.05. The van der Waals surface area contributed by atoms with Crippen molar-refractivity contribution in [2.75, 3.05) is 5.32 Å². The summed E-state index contributed by atoms with van der Waals surface area (Å²) in [6.07, 6.45) is -1.69. The molecule has 3 aromatic rings. The third-order valence-electron chi connectivity index (χ3n) is 5.21. The zero-order valence-electron chi connectivity index (χ0n) is 16.9. The number of rotatable bonds is 6. The Balaban J connectivity index is 1.56. The van der Waals surface area contributed by atoms with E-state index in [4.69, 9.17) is 34.8 Å². The number of hydrogen-bond donors (Lipinski definition) is 1. The first kappa shape index (κ1) is 24.4. The number of halogens is 7. The molecule has 1 aliphatic rings. The van der Waals surface area contributed by atoms with Gasteiger partial charge in [-0.15, -0.1) is 0 Å². The highest BCUT2D eigenvalue weighted by atomic mass is 79.9. The van der Waals surface area contributed by atoms with Crippen molar-refractivity contribution in [3.8, 4) is 0 Å².